The van der Waals surface area contributed by atoms with Gasteiger partial charge in [-0.15, -0.1) is 18.3 Å². The van der Waals surface area contributed by atoms with Crippen molar-refractivity contribution in [2.24, 2.45) is 0 Å². The van der Waals surface area contributed by atoms with Crippen LogP contribution in [0.15, 0.2) is 36.2 Å². The standard InChI is InChI=1S/C14H21NO.3C3H7O.Ti/c1-11(2)15(12(3)4)14(16)10-13-8-6-5-7-9-13;3*1-3(2)4;/h5-12,16H,1-4H3;3*3H,1-2H3;/q;3*-1;+4/p-1/b14-10+;;;;. The second kappa shape index (κ2) is 21.9. The molecular weight excluding hydrogens is 402 g/mol. The van der Waals surface area contributed by atoms with Gasteiger partial charge in [0.1, 0.15) is 0 Å². The van der Waals surface area contributed by atoms with Crippen molar-refractivity contribution < 1.29 is 42.1 Å². The van der Waals surface area contributed by atoms with E-state index in [1.165, 1.54) is 0 Å². The van der Waals surface area contributed by atoms with Crippen LogP contribution in [-0.4, -0.2) is 35.3 Å². The van der Waals surface area contributed by atoms with E-state index in [1.807, 2.05) is 62.9 Å². The van der Waals surface area contributed by atoms with Crippen molar-refractivity contribution in [2.45, 2.75) is 99.6 Å². The van der Waals surface area contributed by atoms with Gasteiger partial charge in [-0.1, -0.05) is 71.9 Å². The molecule has 0 fully saturated rings. The summed E-state index contributed by atoms with van der Waals surface area (Å²) in [5, 5.41) is 40.6. The van der Waals surface area contributed by atoms with E-state index in [4.69, 9.17) is 0 Å². The molecule has 0 aromatic heterocycles. The summed E-state index contributed by atoms with van der Waals surface area (Å²) in [7, 11) is 0. The molecule has 0 heterocycles. The van der Waals surface area contributed by atoms with Gasteiger partial charge < -0.3 is 25.3 Å². The van der Waals surface area contributed by atoms with Crippen LogP contribution in [0.3, 0.4) is 0 Å². The molecule has 0 saturated carbocycles. The summed E-state index contributed by atoms with van der Waals surface area (Å²) in [6.07, 6.45) is 0.444. The molecule has 0 atom stereocenters. The first-order valence-electron chi connectivity index (χ1n) is 9.91. The molecule has 0 aliphatic rings. The Hall–Kier alpha value is -0.846. The molecule has 29 heavy (non-hydrogen) atoms. The van der Waals surface area contributed by atoms with Crippen LogP contribution in [0.5, 0.6) is 0 Å². The first-order chi connectivity index (χ1) is 12.7. The summed E-state index contributed by atoms with van der Waals surface area (Å²) in [5.41, 5.74) is 0.957. The molecule has 0 bridgehead atoms. The quantitative estimate of drug-likeness (QED) is 0.522. The van der Waals surface area contributed by atoms with Crippen molar-refractivity contribution in [3.63, 3.8) is 0 Å². The number of hydrogen-bond donors (Lipinski definition) is 0. The predicted octanol–water partition coefficient (Wildman–Crippen LogP) is 1.73. The van der Waals surface area contributed by atoms with Gasteiger partial charge in [0.15, 0.2) is 0 Å². The molecule has 6 heteroatoms. The number of rotatable bonds is 4. The average molecular weight is 443 g/mol. The molecule has 166 valence electrons. The van der Waals surface area contributed by atoms with Gasteiger partial charge in [-0.25, -0.2) is 0 Å². The molecule has 1 aromatic carbocycles. The third-order valence-corrected chi connectivity index (χ3v) is 2.46. The first kappa shape index (κ1) is 35.6. The zero-order valence-electron chi connectivity index (χ0n) is 19.9. The summed E-state index contributed by atoms with van der Waals surface area (Å²) in [6, 6.07) is 10.2. The minimum atomic E-state index is -0.417. The Balaban J connectivity index is -0.000000199. The second-order valence-corrected chi connectivity index (χ2v) is 7.63. The maximum Gasteiger partial charge on any atom is 4.00 e. The summed E-state index contributed by atoms with van der Waals surface area (Å²) in [5.74, 6) is 0.0798. The minimum Gasteiger partial charge on any atom is -0.860 e. The van der Waals surface area contributed by atoms with Crippen LogP contribution in [0, 0.1) is 0 Å². The molecule has 0 saturated heterocycles. The van der Waals surface area contributed by atoms with E-state index in [9.17, 15) is 20.4 Å². The summed E-state index contributed by atoms with van der Waals surface area (Å²) >= 11 is 0. The maximum atomic E-state index is 12.1. The molecule has 0 spiro atoms. The number of benzene rings is 1. The maximum absolute atomic E-state index is 12.1. The van der Waals surface area contributed by atoms with E-state index >= 15 is 0 Å². The van der Waals surface area contributed by atoms with Gasteiger partial charge in [0.2, 0.25) is 0 Å². The molecule has 0 unspecified atom stereocenters. The predicted molar refractivity (Wildman–Crippen MR) is 112 cm³/mol. The van der Waals surface area contributed by atoms with Gasteiger partial charge in [-0.05, 0) is 45.2 Å². The van der Waals surface area contributed by atoms with Crippen LogP contribution in [0.4, 0.5) is 0 Å². The van der Waals surface area contributed by atoms with E-state index in [0.717, 1.165) is 5.56 Å². The van der Waals surface area contributed by atoms with Crippen molar-refractivity contribution in [1.29, 1.82) is 0 Å². The van der Waals surface area contributed by atoms with Crippen LogP contribution in [0.25, 0.3) is 6.08 Å². The largest absolute Gasteiger partial charge is 4.00 e. The fourth-order valence-corrected chi connectivity index (χ4v) is 1.87. The summed E-state index contributed by atoms with van der Waals surface area (Å²) in [4.78, 5) is 1.88. The van der Waals surface area contributed by atoms with Gasteiger partial charge in [0.25, 0.3) is 0 Å². The van der Waals surface area contributed by atoms with Crippen LogP contribution >= 0.6 is 0 Å². The molecule has 5 nitrogen and oxygen atoms in total. The molecule has 0 radical (unpaired) electrons. The van der Waals surface area contributed by atoms with Crippen molar-refractivity contribution in [1.82, 2.24) is 4.90 Å². The fraction of sp³-hybridized carbons (Fsp3) is 0.652. The summed E-state index contributed by atoms with van der Waals surface area (Å²) < 4.78 is 0. The van der Waals surface area contributed by atoms with Crippen LogP contribution in [-0.2, 0) is 21.7 Å². The summed E-state index contributed by atoms with van der Waals surface area (Å²) in [6.45, 7) is 17.8. The minimum absolute atomic E-state index is 0. The van der Waals surface area contributed by atoms with Gasteiger partial charge in [-0.2, -0.15) is 0 Å². The van der Waals surface area contributed by atoms with Gasteiger partial charge in [0, 0.05) is 12.1 Å². The zero-order chi connectivity index (χ0) is 22.9. The van der Waals surface area contributed by atoms with E-state index in [1.54, 1.807) is 47.6 Å². The van der Waals surface area contributed by atoms with E-state index in [0.29, 0.717) is 0 Å². The van der Waals surface area contributed by atoms with Crippen LogP contribution in [0.2, 0.25) is 0 Å². The number of hydrogen-bond acceptors (Lipinski definition) is 5. The second-order valence-electron chi connectivity index (χ2n) is 7.63. The van der Waals surface area contributed by atoms with E-state index in [2.05, 4.69) is 0 Å². The van der Waals surface area contributed by atoms with Gasteiger partial charge >= 0.3 is 21.7 Å². The van der Waals surface area contributed by atoms with E-state index in [-0.39, 0.29) is 39.7 Å². The molecule has 1 aromatic rings. The Kier molecular flexibility index (Phi) is 26.8. The number of nitrogens with zero attached hydrogens (tertiary/aromatic N) is 1. The van der Waals surface area contributed by atoms with Gasteiger partial charge in [0.05, 0.1) is 0 Å². The average Bonchev–Trinajstić information content (AvgIpc) is 2.45. The molecule has 0 aliphatic carbocycles. The smallest absolute Gasteiger partial charge is 0.860 e. The SMILES string of the molecule is CC(C)N(/C([O-])=C\c1ccccc1)C(C)C.CC(C)[O-].CC(C)[O-].CC(C)[O-].[Ti+4]. The Morgan fingerprint density at radius 2 is 0.966 bits per heavy atom. The third kappa shape index (κ3) is 32.0. The molecule has 1 rings (SSSR count). The van der Waals surface area contributed by atoms with Crippen molar-refractivity contribution in [3.8, 4) is 0 Å². The van der Waals surface area contributed by atoms with E-state index < -0.39 is 18.3 Å². The Labute approximate surface area is 194 Å². The zero-order valence-corrected chi connectivity index (χ0v) is 21.5. The van der Waals surface area contributed by atoms with Crippen molar-refractivity contribution in [3.05, 3.63) is 41.8 Å². The molecule has 0 aliphatic heterocycles. The molecule has 0 N–H and O–H groups in total. The normalized spacial score (nSPS) is 10.5. The van der Waals surface area contributed by atoms with Crippen LogP contribution in [0.1, 0.15) is 74.8 Å². The Bertz CT molecular complexity index is 444. The third-order valence-electron chi connectivity index (χ3n) is 2.46. The Morgan fingerprint density at radius 1 is 0.690 bits per heavy atom. The first-order valence-corrected chi connectivity index (χ1v) is 9.91. The fourth-order valence-electron chi connectivity index (χ4n) is 1.87. The van der Waals surface area contributed by atoms with Crippen molar-refractivity contribution in [2.75, 3.05) is 0 Å². The Morgan fingerprint density at radius 3 is 1.21 bits per heavy atom. The molecular formula is C23H41NO4Ti. The van der Waals surface area contributed by atoms with Gasteiger partial charge in [-0.3, -0.25) is 0 Å². The molecule has 0 amide bonds. The topological polar surface area (TPSA) is 95.5 Å². The van der Waals surface area contributed by atoms with Crippen LogP contribution < -0.4 is 20.4 Å². The van der Waals surface area contributed by atoms with Crippen molar-refractivity contribution >= 4 is 6.08 Å². The monoisotopic (exact) mass is 443 g/mol.